The minimum Gasteiger partial charge on any atom is -0.439 e. The summed E-state index contributed by atoms with van der Waals surface area (Å²) in [7, 11) is 0. The molecule has 1 N–H and O–H groups in total. The second kappa shape index (κ2) is 3.70. The van der Waals surface area contributed by atoms with Crippen molar-refractivity contribution in [1.29, 1.82) is 0 Å². The molecule has 15 heavy (non-hydrogen) atoms. The van der Waals surface area contributed by atoms with E-state index in [0.717, 1.165) is 0 Å². The summed E-state index contributed by atoms with van der Waals surface area (Å²) < 4.78 is 18.9. The van der Waals surface area contributed by atoms with Crippen LogP contribution >= 0.6 is 11.6 Å². The fraction of sp³-hybridized carbons (Fsp3) is 0.300. The molecule has 2 unspecified atom stereocenters. The molecule has 3 nitrogen and oxygen atoms in total. The Morgan fingerprint density at radius 1 is 1.47 bits per heavy atom. The third kappa shape index (κ3) is 1.90. The number of halogens is 2. The number of alkyl carbamates (subject to hydrolysis) is 1. The lowest BCUT2D eigenvalue weighted by atomic mass is 10.1. The molecule has 1 fully saturated rings. The molecule has 1 saturated heterocycles. The zero-order valence-electron chi connectivity index (χ0n) is 7.74. The molecule has 0 aromatic heterocycles. The summed E-state index contributed by atoms with van der Waals surface area (Å²) in [4.78, 5) is 10.8. The van der Waals surface area contributed by atoms with Gasteiger partial charge in [0.2, 0.25) is 5.13 Å². The van der Waals surface area contributed by atoms with Crippen molar-refractivity contribution in [2.45, 2.75) is 11.2 Å². The summed E-state index contributed by atoms with van der Waals surface area (Å²) in [5.74, 6) is 0. The second-order valence-electron chi connectivity index (χ2n) is 3.26. The summed E-state index contributed by atoms with van der Waals surface area (Å²) in [5.41, 5.74) is 0.285. The van der Waals surface area contributed by atoms with Crippen LogP contribution in [0.1, 0.15) is 5.56 Å². The molecule has 2 atom stereocenters. The van der Waals surface area contributed by atoms with Crippen LogP contribution < -0.4 is 5.32 Å². The first-order chi connectivity index (χ1) is 7.10. The Morgan fingerprint density at radius 3 is 2.67 bits per heavy atom. The van der Waals surface area contributed by atoms with E-state index in [2.05, 4.69) is 5.32 Å². The Labute approximate surface area is 91.2 Å². The van der Waals surface area contributed by atoms with Gasteiger partial charge in [-0.2, -0.15) is 0 Å². The molecular formula is C10H9ClFNO2. The van der Waals surface area contributed by atoms with Crippen molar-refractivity contribution in [1.82, 2.24) is 5.32 Å². The van der Waals surface area contributed by atoms with E-state index in [0.29, 0.717) is 0 Å². The Bertz CT molecular complexity index is 369. The fourth-order valence-corrected chi connectivity index (χ4v) is 1.68. The smallest absolute Gasteiger partial charge is 0.407 e. The van der Waals surface area contributed by atoms with Crippen molar-refractivity contribution in [2.75, 3.05) is 6.54 Å². The summed E-state index contributed by atoms with van der Waals surface area (Å²) in [5, 5.41) is 0.180. The number of carbonyl (C=O) groups excluding carboxylic acids is 1. The number of amides is 1. The van der Waals surface area contributed by atoms with Crippen LogP contribution in [0, 0.1) is 0 Å². The maximum absolute atomic E-state index is 14.1. The molecule has 1 amide bonds. The van der Waals surface area contributed by atoms with Crippen LogP contribution in [0.3, 0.4) is 0 Å². The Kier molecular flexibility index (Phi) is 2.52. The summed E-state index contributed by atoms with van der Waals surface area (Å²) >= 11 is 5.75. The van der Waals surface area contributed by atoms with Gasteiger partial charge in [-0.05, 0) is 0 Å². The van der Waals surface area contributed by atoms with Crippen molar-refractivity contribution < 1.29 is 13.9 Å². The monoisotopic (exact) mass is 229 g/mol. The van der Waals surface area contributed by atoms with Crippen molar-refractivity contribution in [3.63, 3.8) is 0 Å². The molecule has 0 spiro atoms. The number of hydrogen-bond acceptors (Lipinski definition) is 2. The van der Waals surface area contributed by atoms with E-state index in [1.165, 1.54) is 0 Å². The van der Waals surface area contributed by atoms with Crippen LogP contribution in [0.2, 0.25) is 0 Å². The van der Waals surface area contributed by atoms with Gasteiger partial charge in [0.1, 0.15) is 0 Å². The topological polar surface area (TPSA) is 38.3 Å². The average molecular weight is 230 g/mol. The summed E-state index contributed by atoms with van der Waals surface area (Å²) in [6.45, 7) is 0.0771. The number of cyclic esters (lactones) is 1. The predicted octanol–water partition coefficient (Wildman–Crippen LogP) is 2.16. The minimum absolute atomic E-state index is 0.0771. The van der Waals surface area contributed by atoms with E-state index in [1.807, 2.05) is 0 Å². The van der Waals surface area contributed by atoms with Crippen LogP contribution in [0.5, 0.6) is 0 Å². The van der Waals surface area contributed by atoms with Crippen LogP contribution in [0.4, 0.5) is 9.18 Å². The van der Waals surface area contributed by atoms with E-state index in [4.69, 9.17) is 16.3 Å². The van der Waals surface area contributed by atoms with Gasteiger partial charge in [-0.25, -0.2) is 9.18 Å². The average Bonchev–Trinajstić information content (AvgIpc) is 2.67. The molecule has 1 aliphatic heterocycles. The minimum atomic E-state index is -2.18. The van der Waals surface area contributed by atoms with Crippen molar-refractivity contribution in [3.8, 4) is 0 Å². The molecule has 1 aliphatic rings. The summed E-state index contributed by atoms with van der Waals surface area (Å²) in [6.07, 6.45) is -1.63. The van der Waals surface area contributed by atoms with Crippen LogP contribution in [0.25, 0.3) is 0 Å². The quantitative estimate of drug-likeness (QED) is 0.790. The SMILES string of the molecule is O=C1NCC(C(F)(Cl)c2ccccc2)O1. The summed E-state index contributed by atoms with van der Waals surface area (Å²) in [6, 6.07) is 8.22. The number of carbonyl (C=O) groups is 1. The first-order valence-electron chi connectivity index (χ1n) is 4.48. The van der Waals surface area contributed by atoms with Gasteiger partial charge in [0.05, 0.1) is 6.54 Å². The van der Waals surface area contributed by atoms with Crippen LogP contribution in [-0.2, 0) is 9.86 Å². The molecule has 1 aromatic carbocycles. The maximum Gasteiger partial charge on any atom is 0.407 e. The highest BCUT2D eigenvalue weighted by Gasteiger charge is 2.44. The lowest BCUT2D eigenvalue weighted by molar-refractivity contribution is 0.0590. The molecule has 1 heterocycles. The Morgan fingerprint density at radius 2 is 2.13 bits per heavy atom. The van der Waals surface area contributed by atoms with Crippen molar-refractivity contribution >= 4 is 17.7 Å². The van der Waals surface area contributed by atoms with E-state index in [1.54, 1.807) is 30.3 Å². The molecule has 0 radical (unpaired) electrons. The molecular weight excluding hydrogens is 221 g/mol. The van der Waals surface area contributed by atoms with Crippen molar-refractivity contribution in [2.24, 2.45) is 0 Å². The van der Waals surface area contributed by atoms with Gasteiger partial charge in [0.25, 0.3) is 0 Å². The number of alkyl halides is 2. The highest BCUT2D eigenvalue weighted by molar-refractivity contribution is 6.23. The molecule has 2 rings (SSSR count). The number of ether oxygens (including phenoxy) is 1. The standard InChI is InChI=1S/C10H9ClFNO2/c11-10(12,7-4-2-1-3-5-7)8-6-13-9(14)15-8/h1-5,8H,6H2,(H,13,14). The molecule has 80 valence electrons. The Hall–Kier alpha value is -1.29. The van der Waals surface area contributed by atoms with Crippen LogP contribution in [0.15, 0.2) is 30.3 Å². The largest absolute Gasteiger partial charge is 0.439 e. The highest BCUT2D eigenvalue weighted by atomic mass is 35.5. The molecule has 0 saturated carbocycles. The van der Waals surface area contributed by atoms with Gasteiger partial charge in [0.15, 0.2) is 6.10 Å². The Balaban J connectivity index is 2.23. The first-order valence-corrected chi connectivity index (χ1v) is 4.86. The first kappa shape index (κ1) is 10.2. The van der Waals surface area contributed by atoms with Gasteiger partial charge in [-0.1, -0.05) is 41.9 Å². The van der Waals surface area contributed by atoms with E-state index < -0.39 is 17.3 Å². The van der Waals surface area contributed by atoms with Crippen molar-refractivity contribution in [3.05, 3.63) is 35.9 Å². The highest BCUT2D eigenvalue weighted by Crippen LogP contribution is 2.37. The number of rotatable bonds is 2. The maximum atomic E-state index is 14.1. The zero-order valence-corrected chi connectivity index (χ0v) is 8.50. The zero-order chi connectivity index (χ0) is 10.9. The van der Waals surface area contributed by atoms with Gasteiger partial charge in [-0.3, -0.25) is 0 Å². The predicted molar refractivity (Wildman–Crippen MR) is 53.4 cm³/mol. The lowest BCUT2D eigenvalue weighted by Crippen LogP contribution is -2.32. The molecule has 1 aromatic rings. The second-order valence-corrected chi connectivity index (χ2v) is 3.81. The van der Waals surface area contributed by atoms with Gasteiger partial charge >= 0.3 is 6.09 Å². The third-order valence-electron chi connectivity index (χ3n) is 2.24. The lowest BCUT2D eigenvalue weighted by Gasteiger charge is -2.22. The molecule has 0 bridgehead atoms. The van der Waals surface area contributed by atoms with Gasteiger partial charge in [-0.15, -0.1) is 0 Å². The van der Waals surface area contributed by atoms with E-state index >= 15 is 0 Å². The number of hydrogen-bond donors (Lipinski definition) is 1. The molecule has 0 aliphatic carbocycles. The third-order valence-corrected chi connectivity index (χ3v) is 2.71. The molecule has 5 heteroatoms. The van der Waals surface area contributed by atoms with E-state index in [-0.39, 0.29) is 12.1 Å². The number of benzene rings is 1. The van der Waals surface area contributed by atoms with Gasteiger partial charge < -0.3 is 10.1 Å². The van der Waals surface area contributed by atoms with Crippen LogP contribution in [-0.4, -0.2) is 18.7 Å². The van der Waals surface area contributed by atoms with E-state index in [9.17, 15) is 9.18 Å². The van der Waals surface area contributed by atoms with Gasteiger partial charge in [0, 0.05) is 5.56 Å². The fourth-order valence-electron chi connectivity index (χ4n) is 1.44. The number of nitrogens with one attached hydrogen (secondary N) is 1. The normalized spacial score (nSPS) is 24.1.